The first-order valence-electron chi connectivity index (χ1n) is 5.77. The number of carboxylic acid groups (broad SMARTS) is 1. The fourth-order valence-electron chi connectivity index (χ4n) is 1.68. The topological polar surface area (TPSA) is 69.6 Å². The molecule has 1 aromatic carbocycles. The highest BCUT2D eigenvalue weighted by molar-refractivity contribution is 5.85. The van der Waals surface area contributed by atoms with E-state index in [1.54, 1.807) is 30.5 Å². The van der Waals surface area contributed by atoms with Gasteiger partial charge < -0.3 is 15.2 Å². The Morgan fingerprint density at radius 2 is 1.89 bits per heavy atom. The predicted molar refractivity (Wildman–Crippen MR) is 64.3 cm³/mol. The van der Waals surface area contributed by atoms with Crippen LogP contribution in [0.15, 0.2) is 48.7 Å². The van der Waals surface area contributed by atoms with Crippen molar-refractivity contribution in [3.63, 3.8) is 0 Å². The summed E-state index contributed by atoms with van der Waals surface area (Å²) in [6.45, 7) is 1.60. The Morgan fingerprint density at radius 1 is 1.11 bits per heavy atom. The maximum absolute atomic E-state index is 10.6. The lowest BCUT2D eigenvalue weighted by atomic mass is 10.1. The average molecular weight is 242 g/mol. The van der Waals surface area contributed by atoms with Crippen LogP contribution in [0, 0.1) is 0 Å². The fraction of sp³-hybridized carbons (Fsp3) is 0.143. The first-order chi connectivity index (χ1) is 8.75. The van der Waals surface area contributed by atoms with Crippen molar-refractivity contribution in [1.29, 1.82) is 0 Å². The molecule has 0 saturated carbocycles. The van der Waals surface area contributed by atoms with Crippen LogP contribution in [-0.4, -0.2) is 11.0 Å². The molecule has 0 aliphatic heterocycles. The third-order valence-electron chi connectivity index (χ3n) is 2.65. The van der Waals surface area contributed by atoms with E-state index in [1.807, 2.05) is 18.2 Å². The molecule has 4 heteroatoms. The van der Waals surface area contributed by atoms with Gasteiger partial charge in [-0.1, -0.05) is 30.3 Å². The largest absolute Gasteiger partial charge is 0.545 e. The summed E-state index contributed by atoms with van der Waals surface area (Å²) in [7, 11) is 0. The molecule has 0 amide bonds. The van der Waals surface area contributed by atoms with Crippen LogP contribution in [0.4, 0.5) is 0 Å². The Hall–Kier alpha value is -2.20. The summed E-state index contributed by atoms with van der Waals surface area (Å²) in [5, 5.41) is 12.7. The van der Waals surface area contributed by atoms with E-state index in [4.69, 9.17) is 0 Å². The standard InChI is InChI=1S/C14H14N2O2/c17-14(18)12-6-4-11(5-7-12)9-15-10-13-3-1-2-8-16-13/h1-8,15H,9-10H2,(H,17,18). The molecule has 0 aliphatic rings. The molecule has 2 rings (SSSR count). The quantitative estimate of drug-likeness (QED) is 0.783. The molecule has 0 aliphatic carbocycles. The van der Waals surface area contributed by atoms with Gasteiger partial charge in [0.15, 0.2) is 0 Å². The van der Waals surface area contributed by atoms with Gasteiger partial charge in [-0.3, -0.25) is 4.98 Å². The summed E-state index contributed by atoms with van der Waals surface area (Å²) in [6.07, 6.45) is 1.78. The van der Waals surface area contributed by atoms with E-state index in [9.17, 15) is 9.90 Å². The number of quaternary nitrogens is 1. The second kappa shape index (κ2) is 5.93. The molecule has 18 heavy (non-hydrogen) atoms. The van der Waals surface area contributed by atoms with Crippen molar-refractivity contribution in [1.82, 2.24) is 4.98 Å². The molecule has 0 radical (unpaired) electrons. The van der Waals surface area contributed by atoms with Crippen LogP contribution >= 0.6 is 0 Å². The molecule has 4 nitrogen and oxygen atoms in total. The Morgan fingerprint density at radius 3 is 2.50 bits per heavy atom. The zero-order chi connectivity index (χ0) is 12.8. The minimum absolute atomic E-state index is 0.212. The Kier molecular flexibility index (Phi) is 4.04. The van der Waals surface area contributed by atoms with Gasteiger partial charge in [-0.25, -0.2) is 0 Å². The van der Waals surface area contributed by atoms with Gasteiger partial charge in [0.1, 0.15) is 13.1 Å². The summed E-state index contributed by atoms with van der Waals surface area (Å²) < 4.78 is 0. The molecule has 0 unspecified atom stereocenters. The minimum Gasteiger partial charge on any atom is -0.545 e. The van der Waals surface area contributed by atoms with Gasteiger partial charge in [-0.05, 0) is 17.7 Å². The van der Waals surface area contributed by atoms with Crippen LogP contribution in [0.3, 0.4) is 0 Å². The van der Waals surface area contributed by atoms with Gasteiger partial charge in [0.25, 0.3) is 0 Å². The lowest BCUT2D eigenvalue weighted by molar-refractivity contribution is -0.686. The molecular formula is C14H14N2O2. The highest BCUT2D eigenvalue weighted by atomic mass is 16.4. The molecule has 0 fully saturated rings. The van der Waals surface area contributed by atoms with Gasteiger partial charge in [-0.2, -0.15) is 0 Å². The van der Waals surface area contributed by atoms with E-state index in [0.717, 1.165) is 24.3 Å². The van der Waals surface area contributed by atoms with Crippen molar-refractivity contribution in [3.8, 4) is 0 Å². The maximum atomic E-state index is 10.6. The van der Waals surface area contributed by atoms with Crippen LogP contribution < -0.4 is 10.4 Å². The number of aromatic nitrogens is 1. The molecule has 0 spiro atoms. The number of rotatable bonds is 5. The van der Waals surface area contributed by atoms with Crippen molar-refractivity contribution >= 4 is 5.97 Å². The Balaban J connectivity index is 1.85. The third kappa shape index (κ3) is 3.40. The molecule has 1 aromatic heterocycles. The normalized spacial score (nSPS) is 10.2. The molecule has 2 aromatic rings. The van der Waals surface area contributed by atoms with E-state index < -0.39 is 5.97 Å². The zero-order valence-corrected chi connectivity index (χ0v) is 9.87. The molecule has 0 saturated heterocycles. The van der Waals surface area contributed by atoms with Crippen LogP contribution in [0.25, 0.3) is 0 Å². The zero-order valence-electron chi connectivity index (χ0n) is 9.87. The monoisotopic (exact) mass is 242 g/mol. The number of hydrogen-bond acceptors (Lipinski definition) is 3. The lowest BCUT2D eigenvalue weighted by Gasteiger charge is -2.04. The molecular weight excluding hydrogens is 228 g/mol. The maximum Gasteiger partial charge on any atom is 0.119 e. The second-order valence-electron chi connectivity index (χ2n) is 4.00. The lowest BCUT2D eigenvalue weighted by Crippen LogP contribution is -2.80. The summed E-state index contributed by atoms with van der Waals surface area (Å²) in [4.78, 5) is 14.8. The van der Waals surface area contributed by atoms with E-state index in [1.165, 1.54) is 0 Å². The van der Waals surface area contributed by atoms with Crippen LogP contribution in [-0.2, 0) is 13.1 Å². The van der Waals surface area contributed by atoms with Crippen LogP contribution in [0.5, 0.6) is 0 Å². The number of carbonyl (C=O) groups is 1. The number of pyridine rings is 1. The number of carboxylic acids is 1. The van der Waals surface area contributed by atoms with E-state index in [0.29, 0.717) is 0 Å². The number of hydrogen-bond donors (Lipinski definition) is 1. The van der Waals surface area contributed by atoms with Crippen LogP contribution in [0.1, 0.15) is 21.6 Å². The van der Waals surface area contributed by atoms with Gasteiger partial charge >= 0.3 is 0 Å². The van der Waals surface area contributed by atoms with Crippen molar-refractivity contribution in [2.75, 3.05) is 0 Å². The average Bonchev–Trinajstić information content (AvgIpc) is 2.40. The smallest absolute Gasteiger partial charge is 0.119 e. The van der Waals surface area contributed by atoms with Crippen LogP contribution in [0.2, 0.25) is 0 Å². The van der Waals surface area contributed by atoms with E-state index >= 15 is 0 Å². The predicted octanol–water partition coefficient (Wildman–Crippen LogP) is -0.291. The molecule has 0 atom stereocenters. The van der Waals surface area contributed by atoms with Crippen molar-refractivity contribution in [3.05, 3.63) is 65.5 Å². The molecule has 2 N–H and O–H groups in total. The molecule has 92 valence electrons. The van der Waals surface area contributed by atoms with Crippen molar-refractivity contribution in [2.24, 2.45) is 0 Å². The Bertz CT molecular complexity index is 509. The number of aromatic carboxylic acids is 1. The number of nitrogens with two attached hydrogens (primary N) is 1. The Labute approximate surface area is 105 Å². The minimum atomic E-state index is -1.14. The van der Waals surface area contributed by atoms with E-state index in [-0.39, 0.29) is 5.56 Å². The first kappa shape index (κ1) is 12.3. The number of benzene rings is 1. The summed E-state index contributed by atoms with van der Waals surface area (Å²) in [5.41, 5.74) is 2.32. The first-order valence-corrected chi connectivity index (χ1v) is 5.77. The third-order valence-corrected chi connectivity index (χ3v) is 2.65. The SMILES string of the molecule is O=C([O-])c1ccc(C[NH2+]Cc2ccccn2)cc1. The summed E-state index contributed by atoms with van der Waals surface area (Å²) >= 11 is 0. The molecule has 1 heterocycles. The highest BCUT2D eigenvalue weighted by Crippen LogP contribution is 2.02. The van der Waals surface area contributed by atoms with E-state index in [2.05, 4.69) is 10.3 Å². The summed E-state index contributed by atoms with van der Waals surface area (Å²) in [5.74, 6) is -1.14. The van der Waals surface area contributed by atoms with Gasteiger partial charge in [-0.15, -0.1) is 0 Å². The van der Waals surface area contributed by atoms with Crippen molar-refractivity contribution < 1.29 is 15.2 Å². The van der Waals surface area contributed by atoms with Gasteiger partial charge in [0.05, 0.1) is 11.7 Å². The number of carbonyl (C=O) groups excluding carboxylic acids is 1. The van der Waals surface area contributed by atoms with Crippen molar-refractivity contribution in [2.45, 2.75) is 13.1 Å². The highest BCUT2D eigenvalue weighted by Gasteiger charge is 1.99. The fourth-order valence-corrected chi connectivity index (χ4v) is 1.68. The number of nitrogens with zero attached hydrogens (tertiary/aromatic N) is 1. The van der Waals surface area contributed by atoms with Gasteiger partial charge in [0.2, 0.25) is 0 Å². The molecule has 0 bridgehead atoms. The van der Waals surface area contributed by atoms with Gasteiger partial charge in [0, 0.05) is 11.8 Å². The summed E-state index contributed by atoms with van der Waals surface area (Å²) in [6, 6.07) is 12.6. The second-order valence-corrected chi connectivity index (χ2v) is 4.00.